The zero-order valence-corrected chi connectivity index (χ0v) is 12.5. The van der Waals surface area contributed by atoms with Crippen LogP contribution in [0.15, 0.2) is 36.4 Å². The van der Waals surface area contributed by atoms with E-state index in [1.165, 1.54) is 12.1 Å². The van der Waals surface area contributed by atoms with Crippen LogP contribution in [0.1, 0.15) is 24.0 Å². The first-order chi connectivity index (χ1) is 11.3. The Morgan fingerprint density at radius 1 is 1.08 bits per heavy atom. The Bertz CT molecular complexity index is 794. The second kappa shape index (κ2) is 6.19. The third kappa shape index (κ3) is 3.37. The van der Waals surface area contributed by atoms with Gasteiger partial charge in [0, 0.05) is 17.2 Å². The summed E-state index contributed by atoms with van der Waals surface area (Å²) >= 11 is 0. The lowest BCUT2D eigenvalue weighted by atomic mass is 9.92. The van der Waals surface area contributed by atoms with Gasteiger partial charge in [-0.2, -0.15) is 0 Å². The number of aromatic hydroxyl groups is 1. The minimum absolute atomic E-state index is 0.0502. The van der Waals surface area contributed by atoms with Crippen LogP contribution in [0.25, 0.3) is 17.2 Å². The average molecular weight is 338 g/mol. The molecule has 6 heteroatoms. The lowest BCUT2D eigenvalue weighted by Gasteiger charge is -2.16. The lowest BCUT2D eigenvalue weighted by molar-refractivity contribution is -0.274. The highest BCUT2D eigenvalue weighted by Crippen LogP contribution is 2.39. The quantitative estimate of drug-likeness (QED) is 0.738. The van der Waals surface area contributed by atoms with E-state index in [0.29, 0.717) is 18.1 Å². The van der Waals surface area contributed by atoms with Crippen LogP contribution in [0.5, 0.6) is 11.5 Å². The molecule has 2 aromatic rings. The zero-order valence-electron chi connectivity index (χ0n) is 12.5. The van der Waals surface area contributed by atoms with E-state index in [4.69, 9.17) is 0 Å². The number of alkyl halides is 3. The second-order valence-electron chi connectivity index (χ2n) is 5.51. The molecule has 1 aliphatic rings. The number of allylic oxidation sites excluding steroid dienone is 1. The Morgan fingerprint density at radius 3 is 2.58 bits per heavy atom. The monoisotopic (exact) mass is 338 g/mol. The van der Waals surface area contributed by atoms with Gasteiger partial charge in [0.05, 0.1) is 0 Å². The highest BCUT2D eigenvalue weighted by Gasteiger charge is 2.31. The number of fused-ring (bicyclic) bond motifs is 1. The van der Waals surface area contributed by atoms with Crippen molar-refractivity contribution in [3.05, 3.63) is 53.4 Å². The highest BCUT2D eigenvalue weighted by molar-refractivity contribution is 5.79. The Labute approximate surface area is 136 Å². The largest absolute Gasteiger partial charge is 0.573 e. The van der Waals surface area contributed by atoms with Gasteiger partial charge in [-0.3, -0.25) is 0 Å². The zero-order chi connectivity index (χ0) is 17.3. The molecule has 2 aromatic carbocycles. The van der Waals surface area contributed by atoms with Gasteiger partial charge < -0.3 is 9.84 Å². The van der Waals surface area contributed by atoms with Gasteiger partial charge in [-0.25, -0.2) is 4.39 Å². The van der Waals surface area contributed by atoms with E-state index >= 15 is 0 Å². The van der Waals surface area contributed by atoms with Crippen LogP contribution >= 0.6 is 0 Å². The molecule has 0 heterocycles. The van der Waals surface area contributed by atoms with Gasteiger partial charge >= 0.3 is 6.36 Å². The van der Waals surface area contributed by atoms with Crippen LogP contribution in [0.3, 0.4) is 0 Å². The molecule has 0 atom stereocenters. The van der Waals surface area contributed by atoms with E-state index in [1.807, 2.05) is 12.2 Å². The first-order valence-electron chi connectivity index (χ1n) is 7.42. The van der Waals surface area contributed by atoms with Crippen LogP contribution < -0.4 is 4.74 Å². The number of halogens is 4. The fourth-order valence-corrected chi connectivity index (χ4v) is 2.88. The molecule has 126 valence electrons. The number of hydrogen-bond acceptors (Lipinski definition) is 2. The molecule has 0 radical (unpaired) electrons. The average Bonchev–Trinajstić information content (AvgIpc) is 2.72. The van der Waals surface area contributed by atoms with Crippen molar-refractivity contribution in [3.63, 3.8) is 0 Å². The van der Waals surface area contributed by atoms with Crippen molar-refractivity contribution in [1.29, 1.82) is 0 Å². The maximum atomic E-state index is 14.4. The smallest absolute Gasteiger partial charge is 0.507 e. The Hall–Kier alpha value is -2.50. The molecule has 3 rings (SSSR count). The molecule has 0 unspecified atom stereocenters. The molecular formula is C18H14F4O2. The fraction of sp³-hybridized carbons (Fsp3) is 0.222. The summed E-state index contributed by atoms with van der Waals surface area (Å²) in [5, 5.41) is 10.2. The number of rotatable bonds is 2. The van der Waals surface area contributed by atoms with Crippen molar-refractivity contribution >= 4 is 6.08 Å². The van der Waals surface area contributed by atoms with Crippen LogP contribution in [0.4, 0.5) is 17.6 Å². The van der Waals surface area contributed by atoms with Gasteiger partial charge in [-0.1, -0.05) is 18.2 Å². The Morgan fingerprint density at radius 2 is 1.88 bits per heavy atom. The van der Waals surface area contributed by atoms with Crippen molar-refractivity contribution in [2.45, 2.75) is 25.6 Å². The summed E-state index contributed by atoms with van der Waals surface area (Å²) in [4.78, 5) is 0. The summed E-state index contributed by atoms with van der Waals surface area (Å²) in [5.74, 6) is -1.62. The van der Waals surface area contributed by atoms with Crippen LogP contribution in [0.2, 0.25) is 0 Å². The normalized spacial score (nSPS) is 14.2. The van der Waals surface area contributed by atoms with Gasteiger partial charge in [-0.05, 0) is 48.6 Å². The number of hydrogen-bond donors (Lipinski definition) is 1. The molecule has 0 spiro atoms. The molecule has 2 nitrogen and oxygen atoms in total. The van der Waals surface area contributed by atoms with E-state index in [-0.39, 0.29) is 11.3 Å². The van der Waals surface area contributed by atoms with Gasteiger partial charge in [0.25, 0.3) is 0 Å². The molecule has 0 saturated carbocycles. The highest BCUT2D eigenvalue weighted by atomic mass is 19.4. The third-order valence-corrected chi connectivity index (χ3v) is 3.87. The minimum Gasteiger partial charge on any atom is -0.507 e. The number of benzene rings is 2. The van der Waals surface area contributed by atoms with Crippen molar-refractivity contribution in [2.75, 3.05) is 0 Å². The lowest BCUT2D eigenvalue weighted by Crippen LogP contribution is -2.17. The summed E-state index contributed by atoms with van der Waals surface area (Å²) in [6.45, 7) is 0. The molecule has 0 amide bonds. The molecule has 1 N–H and O–H groups in total. The molecule has 0 aliphatic heterocycles. The van der Waals surface area contributed by atoms with Crippen LogP contribution in [-0.2, 0) is 6.42 Å². The van der Waals surface area contributed by atoms with E-state index in [2.05, 4.69) is 4.74 Å². The van der Waals surface area contributed by atoms with Gasteiger partial charge in [0.15, 0.2) is 0 Å². The summed E-state index contributed by atoms with van der Waals surface area (Å²) in [5.41, 5.74) is 2.02. The molecular weight excluding hydrogens is 324 g/mol. The van der Waals surface area contributed by atoms with E-state index in [0.717, 1.165) is 30.0 Å². The topological polar surface area (TPSA) is 29.5 Å². The predicted molar refractivity (Wildman–Crippen MR) is 82.2 cm³/mol. The van der Waals surface area contributed by atoms with Crippen molar-refractivity contribution in [3.8, 4) is 22.6 Å². The van der Waals surface area contributed by atoms with E-state index in [1.54, 1.807) is 6.07 Å². The predicted octanol–water partition coefficient (Wildman–Crippen LogP) is 5.45. The number of phenols is 1. The van der Waals surface area contributed by atoms with E-state index < -0.39 is 17.9 Å². The molecule has 0 aromatic heterocycles. The number of phenolic OH excluding ortho intramolecular Hbond substituents is 1. The van der Waals surface area contributed by atoms with Crippen molar-refractivity contribution < 1.29 is 27.4 Å². The van der Waals surface area contributed by atoms with E-state index in [9.17, 15) is 22.7 Å². The van der Waals surface area contributed by atoms with Crippen molar-refractivity contribution in [2.24, 2.45) is 0 Å². The summed E-state index contributed by atoms with van der Waals surface area (Å²) < 4.78 is 54.8. The minimum atomic E-state index is -4.88. The van der Waals surface area contributed by atoms with Gasteiger partial charge in [0.2, 0.25) is 0 Å². The standard InChI is InChI=1S/C18H14F4O2/c19-15-10-12(24-18(20,21)22)7-8-14(15)17-13-5-3-1-2-4-11(13)6-9-16(17)23/h2,4,6-10,23H,1,3,5H2. The van der Waals surface area contributed by atoms with Gasteiger partial charge in [0.1, 0.15) is 17.3 Å². The molecule has 0 saturated heterocycles. The molecule has 24 heavy (non-hydrogen) atoms. The maximum absolute atomic E-state index is 14.4. The molecule has 0 fully saturated rings. The first-order valence-corrected chi connectivity index (χ1v) is 7.42. The summed E-state index contributed by atoms with van der Waals surface area (Å²) in [6.07, 6.45) is 1.39. The first kappa shape index (κ1) is 16.4. The van der Waals surface area contributed by atoms with Gasteiger partial charge in [-0.15, -0.1) is 13.2 Å². The molecule has 0 bridgehead atoms. The third-order valence-electron chi connectivity index (χ3n) is 3.87. The Kier molecular flexibility index (Phi) is 4.22. The Balaban J connectivity index is 2.08. The molecule has 1 aliphatic carbocycles. The summed E-state index contributed by atoms with van der Waals surface area (Å²) in [7, 11) is 0. The maximum Gasteiger partial charge on any atom is 0.573 e. The fourth-order valence-electron chi connectivity index (χ4n) is 2.88. The van der Waals surface area contributed by atoms with Crippen LogP contribution in [0, 0.1) is 5.82 Å². The second-order valence-corrected chi connectivity index (χ2v) is 5.51. The SMILES string of the molecule is Oc1ccc2c(c1-c1ccc(OC(F)(F)F)cc1F)CCCC=C2. The van der Waals surface area contributed by atoms with Crippen LogP contribution in [-0.4, -0.2) is 11.5 Å². The van der Waals surface area contributed by atoms with Crippen molar-refractivity contribution in [1.82, 2.24) is 0 Å². The number of ether oxygens (including phenoxy) is 1. The summed E-state index contributed by atoms with van der Waals surface area (Å²) in [6, 6.07) is 6.12.